The number of hydrogen-bond donors (Lipinski definition) is 3. The van der Waals surface area contributed by atoms with Crippen molar-refractivity contribution in [2.75, 3.05) is 26.7 Å². The molecular weight excluding hydrogens is 503 g/mol. The summed E-state index contributed by atoms with van der Waals surface area (Å²) in [5.74, 6) is 1.26. The number of carbonyl (C=O) groups is 1. The molecule has 0 bridgehead atoms. The number of nitrogens with zero attached hydrogens (tertiary/aromatic N) is 1. The zero-order valence-electron chi connectivity index (χ0n) is 16.7. The minimum Gasteiger partial charge on any atom is -0.497 e. The van der Waals surface area contributed by atoms with Gasteiger partial charge in [-0.05, 0) is 42.7 Å². The predicted octanol–water partition coefficient (Wildman–Crippen LogP) is 3.38. The number of methoxy groups -OCH3 is 1. The lowest BCUT2D eigenvalue weighted by atomic mass is 10.1. The minimum absolute atomic E-state index is 0. The van der Waals surface area contributed by atoms with Crippen LogP contribution in [0.3, 0.4) is 0 Å². The second-order valence-electron chi connectivity index (χ2n) is 6.09. The normalized spacial score (nSPS) is 10.7. The van der Waals surface area contributed by atoms with E-state index in [4.69, 9.17) is 16.3 Å². The largest absolute Gasteiger partial charge is 0.497 e. The van der Waals surface area contributed by atoms with E-state index in [1.165, 1.54) is 0 Å². The zero-order valence-corrected chi connectivity index (χ0v) is 19.8. The molecule has 29 heavy (non-hydrogen) atoms. The standard InChI is InChI=1S/C21H27ClN4O2.HI/c1-3-23-21(24-13-12-17-6-4-5-7-19(17)22)26-15-20(27)25-14-16-8-10-18(28-2)11-9-16;/h4-11H,3,12-15H2,1-2H3,(H,25,27)(H2,23,24,26);1H. The molecule has 8 heteroatoms. The summed E-state index contributed by atoms with van der Waals surface area (Å²) in [5, 5.41) is 9.98. The Morgan fingerprint density at radius 3 is 2.45 bits per heavy atom. The van der Waals surface area contributed by atoms with Gasteiger partial charge >= 0.3 is 0 Å². The number of amides is 1. The van der Waals surface area contributed by atoms with Gasteiger partial charge in [-0.15, -0.1) is 24.0 Å². The first-order valence-corrected chi connectivity index (χ1v) is 9.65. The maximum Gasteiger partial charge on any atom is 0.242 e. The van der Waals surface area contributed by atoms with Crippen molar-refractivity contribution >= 4 is 47.4 Å². The Hall–Kier alpha value is -2.00. The monoisotopic (exact) mass is 530 g/mol. The summed E-state index contributed by atoms with van der Waals surface area (Å²) in [6.45, 7) is 3.87. The number of aliphatic imine (C=N–C) groups is 1. The molecule has 0 aliphatic rings. The third-order valence-corrected chi connectivity index (χ3v) is 4.39. The van der Waals surface area contributed by atoms with Gasteiger partial charge in [-0.2, -0.15) is 0 Å². The molecule has 3 N–H and O–H groups in total. The van der Waals surface area contributed by atoms with E-state index in [1.807, 2.05) is 55.5 Å². The first-order valence-electron chi connectivity index (χ1n) is 9.27. The van der Waals surface area contributed by atoms with Gasteiger partial charge in [0.25, 0.3) is 0 Å². The number of guanidine groups is 1. The average Bonchev–Trinajstić information content (AvgIpc) is 2.72. The third-order valence-electron chi connectivity index (χ3n) is 4.02. The number of carbonyl (C=O) groups excluding carboxylic acids is 1. The summed E-state index contributed by atoms with van der Waals surface area (Å²) in [6, 6.07) is 15.3. The highest BCUT2D eigenvalue weighted by atomic mass is 127. The van der Waals surface area contributed by atoms with Gasteiger partial charge in [-0.1, -0.05) is 41.9 Å². The van der Waals surface area contributed by atoms with Crippen LogP contribution in [0.25, 0.3) is 0 Å². The van der Waals surface area contributed by atoms with Crippen LogP contribution in [0.5, 0.6) is 5.75 Å². The van der Waals surface area contributed by atoms with Gasteiger partial charge in [-0.3, -0.25) is 4.79 Å². The van der Waals surface area contributed by atoms with Crippen LogP contribution in [0.15, 0.2) is 53.5 Å². The molecule has 0 radical (unpaired) electrons. The summed E-state index contributed by atoms with van der Waals surface area (Å²) in [5.41, 5.74) is 2.08. The molecule has 0 aromatic heterocycles. The highest BCUT2D eigenvalue weighted by molar-refractivity contribution is 14.0. The van der Waals surface area contributed by atoms with Crippen LogP contribution in [-0.2, 0) is 17.8 Å². The van der Waals surface area contributed by atoms with Crippen LogP contribution in [0.4, 0.5) is 0 Å². The SMILES string of the molecule is CCNC(=NCC(=O)NCc1ccc(OC)cc1)NCCc1ccccc1Cl.I. The minimum atomic E-state index is -0.140. The van der Waals surface area contributed by atoms with Crippen molar-refractivity contribution in [1.82, 2.24) is 16.0 Å². The van der Waals surface area contributed by atoms with Crippen molar-refractivity contribution in [3.63, 3.8) is 0 Å². The maximum absolute atomic E-state index is 12.1. The van der Waals surface area contributed by atoms with Gasteiger partial charge in [0, 0.05) is 24.7 Å². The van der Waals surface area contributed by atoms with Crippen molar-refractivity contribution in [3.05, 3.63) is 64.7 Å². The zero-order chi connectivity index (χ0) is 20.2. The molecule has 0 aliphatic heterocycles. The van der Waals surface area contributed by atoms with Gasteiger partial charge in [0.15, 0.2) is 5.96 Å². The van der Waals surface area contributed by atoms with E-state index >= 15 is 0 Å². The number of hydrogen-bond acceptors (Lipinski definition) is 3. The van der Waals surface area contributed by atoms with Crippen molar-refractivity contribution in [3.8, 4) is 5.75 Å². The molecule has 0 fully saturated rings. The molecule has 0 atom stereocenters. The summed E-state index contributed by atoms with van der Waals surface area (Å²) in [4.78, 5) is 16.4. The molecule has 158 valence electrons. The molecule has 0 aliphatic carbocycles. The topological polar surface area (TPSA) is 74.8 Å². The highest BCUT2D eigenvalue weighted by Crippen LogP contribution is 2.14. The van der Waals surface area contributed by atoms with E-state index in [0.29, 0.717) is 25.6 Å². The first kappa shape index (κ1) is 25.0. The number of rotatable bonds is 9. The first-order chi connectivity index (χ1) is 13.6. The highest BCUT2D eigenvalue weighted by Gasteiger charge is 2.04. The van der Waals surface area contributed by atoms with Crippen LogP contribution in [0, 0.1) is 0 Å². The number of nitrogens with one attached hydrogen (secondary N) is 3. The Balaban J connectivity index is 0.00000420. The smallest absolute Gasteiger partial charge is 0.242 e. The second-order valence-corrected chi connectivity index (χ2v) is 6.50. The van der Waals surface area contributed by atoms with E-state index in [-0.39, 0.29) is 36.4 Å². The summed E-state index contributed by atoms with van der Waals surface area (Å²) in [6.07, 6.45) is 0.772. The van der Waals surface area contributed by atoms with E-state index in [0.717, 1.165) is 28.3 Å². The van der Waals surface area contributed by atoms with Crippen LogP contribution < -0.4 is 20.7 Å². The number of ether oxygens (including phenoxy) is 1. The predicted molar refractivity (Wildman–Crippen MR) is 129 cm³/mol. The quantitative estimate of drug-likeness (QED) is 0.264. The van der Waals surface area contributed by atoms with E-state index in [1.54, 1.807) is 7.11 Å². The Morgan fingerprint density at radius 1 is 1.07 bits per heavy atom. The lowest BCUT2D eigenvalue weighted by Crippen LogP contribution is -2.39. The molecule has 0 heterocycles. The summed E-state index contributed by atoms with van der Waals surface area (Å²) in [7, 11) is 1.62. The Labute approximate surface area is 194 Å². The average molecular weight is 531 g/mol. The van der Waals surface area contributed by atoms with Gasteiger partial charge < -0.3 is 20.7 Å². The second kappa shape index (κ2) is 14.1. The number of benzene rings is 2. The molecule has 2 aromatic rings. The van der Waals surface area contributed by atoms with Crippen LogP contribution >= 0.6 is 35.6 Å². The van der Waals surface area contributed by atoms with Crippen LogP contribution in [0.2, 0.25) is 5.02 Å². The molecule has 2 rings (SSSR count). The van der Waals surface area contributed by atoms with Gasteiger partial charge in [-0.25, -0.2) is 4.99 Å². The summed E-state index contributed by atoms with van der Waals surface area (Å²) >= 11 is 6.17. The fourth-order valence-electron chi connectivity index (χ4n) is 2.51. The van der Waals surface area contributed by atoms with Gasteiger partial charge in [0.2, 0.25) is 5.91 Å². The molecule has 6 nitrogen and oxygen atoms in total. The van der Waals surface area contributed by atoms with E-state index in [9.17, 15) is 4.79 Å². The Morgan fingerprint density at radius 2 is 1.79 bits per heavy atom. The fourth-order valence-corrected chi connectivity index (χ4v) is 2.74. The van der Waals surface area contributed by atoms with Gasteiger partial charge in [0.05, 0.1) is 7.11 Å². The van der Waals surface area contributed by atoms with Crippen LogP contribution in [-0.4, -0.2) is 38.6 Å². The Bertz CT molecular complexity index is 785. The van der Waals surface area contributed by atoms with Crippen LogP contribution in [0.1, 0.15) is 18.1 Å². The Kier molecular flexibility index (Phi) is 12.1. The van der Waals surface area contributed by atoms with Crippen molar-refractivity contribution in [1.29, 1.82) is 0 Å². The van der Waals surface area contributed by atoms with Gasteiger partial charge in [0.1, 0.15) is 12.3 Å². The summed E-state index contributed by atoms with van der Waals surface area (Å²) < 4.78 is 5.12. The number of halogens is 2. The van der Waals surface area contributed by atoms with E-state index < -0.39 is 0 Å². The lowest BCUT2D eigenvalue weighted by Gasteiger charge is -2.12. The molecule has 0 saturated carbocycles. The maximum atomic E-state index is 12.1. The molecule has 0 spiro atoms. The fraction of sp³-hybridized carbons (Fsp3) is 0.333. The van der Waals surface area contributed by atoms with E-state index in [2.05, 4.69) is 20.9 Å². The molecule has 1 amide bonds. The van der Waals surface area contributed by atoms with Crippen molar-refractivity contribution < 1.29 is 9.53 Å². The molecule has 0 unspecified atom stereocenters. The lowest BCUT2D eigenvalue weighted by molar-refractivity contribution is -0.119. The van der Waals surface area contributed by atoms with Crippen molar-refractivity contribution in [2.24, 2.45) is 4.99 Å². The molecule has 0 saturated heterocycles. The molecular formula is C21H28ClIN4O2. The molecule has 2 aromatic carbocycles. The third kappa shape index (κ3) is 9.36. The van der Waals surface area contributed by atoms with Crippen molar-refractivity contribution in [2.45, 2.75) is 19.9 Å².